The van der Waals surface area contributed by atoms with Crippen LogP contribution in [0.15, 0.2) is 42.5 Å². The average Bonchev–Trinajstić information content (AvgIpc) is 3.27. The SMILES string of the molecule is CCn1c(-c2ccc(NC)cc2)c(C#N)c2ccc(OCCCN3CCOCC3)cc21.O=COCCF. The van der Waals surface area contributed by atoms with E-state index < -0.39 is 6.67 Å². The molecule has 1 aromatic heterocycles. The third-order valence-corrected chi connectivity index (χ3v) is 6.17. The number of anilines is 1. The fourth-order valence-corrected chi connectivity index (χ4v) is 4.35. The van der Waals surface area contributed by atoms with Gasteiger partial charge in [0.15, 0.2) is 0 Å². The summed E-state index contributed by atoms with van der Waals surface area (Å²) in [6, 6.07) is 16.7. The van der Waals surface area contributed by atoms with Crippen LogP contribution in [0.4, 0.5) is 10.1 Å². The molecule has 4 rings (SSSR count). The number of hydrogen-bond donors (Lipinski definition) is 1. The largest absolute Gasteiger partial charge is 0.493 e. The van der Waals surface area contributed by atoms with E-state index in [-0.39, 0.29) is 13.1 Å². The average molecular weight is 511 g/mol. The van der Waals surface area contributed by atoms with Gasteiger partial charge < -0.3 is 24.1 Å². The number of hydrogen-bond acceptors (Lipinski definition) is 7. The van der Waals surface area contributed by atoms with Crippen molar-refractivity contribution in [3.63, 3.8) is 0 Å². The van der Waals surface area contributed by atoms with Gasteiger partial charge in [0, 0.05) is 50.4 Å². The second-order valence-electron chi connectivity index (χ2n) is 8.40. The van der Waals surface area contributed by atoms with Crippen LogP contribution in [0.1, 0.15) is 18.9 Å². The van der Waals surface area contributed by atoms with Gasteiger partial charge in [0.05, 0.1) is 36.6 Å². The molecule has 0 aliphatic carbocycles. The number of rotatable bonds is 11. The van der Waals surface area contributed by atoms with E-state index in [0.29, 0.717) is 12.2 Å². The third kappa shape index (κ3) is 7.44. The van der Waals surface area contributed by atoms with Gasteiger partial charge in [-0.2, -0.15) is 5.26 Å². The number of aromatic nitrogens is 1. The van der Waals surface area contributed by atoms with Crippen molar-refractivity contribution >= 4 is 23.1 Å². The summed E-state index contributed by atoms with van der Waals surface area (Å²) in [5, 5.41) is 14.0. The number of halogens is 1. The first-order chi connectivity index (χ1) is 18.2. The Morgan fingerprint density at radius 1 is 1.16 bits per heavy atom. The van der Waals surface area contributed by atoms with Crippen LogP contribution in [0.2, 0.25) is 0 Å². The Balaban J connectivity index is 0.000000568. The minimum absolute atomic E-state index is 0.122. The lowest BCUT2D eigenvalue weighted by molar-refractivity contribution is -0.129. The van der Waals surface area contributed by atoms with Gasteiger partial charge in [0.25, 0.3) is 6.47 Å². The Morgan fingerprint density at radius 2 is 1.92 bits per heavy atom. The second-order valence-corrected chi connectivity index (χ2v) is 8.40. The van der Waals surface area contributed by atoms with Gasteiger partial charge in [0.1, 0.15) is 25.1 Å². The van der Waals surface area contributed by atoms with E-state index in [1.165, 1.54) is 0 Å². The number of benzene rings is 2. The number of nitrogens with zero attached hydrogens (tertiary/aromatic N) is 3. The van der Waals surface area contributed by atoms with Crippen LogP contribution in [0.25, 0.3) is 22.2 Å². The monoisotopic (exact) mass is 510 g/mol. The van der Waals surface area contributed by atoms with E-state index >= 15 is 0 Å². The molecule has 2 aromatic carbocycles. The molecule has 1 fully saturated rings. The first-order valence-corrected chi connectivity index (χ1v) is 12.5. The van der Waals surface area contributed by atoms with Crippen molar-refractivity contribution in [2.75, 3.05) is 65.1 Å². The van der Waals surface area contributed by atoms with Crippen molar-refractivity contribution < 1.29 is 23.4 Å². The number of ether oxygens (including phenoxy) is 3. The van der Waals surface area contributed by atoms with Crippen LogP contribution in [0.3, 0.4) is 0 Å². The van der Waals surface area contributed by atoms with Crippen molar-refractivity contribution in [1.29, 1.82) is 5.26 Å². The Morgan fingerprint density at radius 3 is 2.51 bits per heavy atom. The van der Waals surface area contributed by atoms with Gasteiger partial charge in [-0.1, -0.05) is 12.1 Å². The van der Waals surface area contributed by atoms with Crippen LogP contribution in [0, 0.1) is 11.3 Å². The molecular weight excluding hydrogens is 475 g/mol. The maximum atomic E-state index is 10.9. The lowest BCUT2D eigenvalue weighted by Crippen LogP contribution is -2.37. The topological polar surface area (TPSA) is 88.8 Å². The Labute approximate surface area is 217 Å². The molecule has 8 nitrogen and oxygen atoms in total. The number of carbonyl (C=O) groups excluding carboxylic acids is 1. The quantitative estimate of drug-likeness (QED) is 0.301. The van der Waals surface area contributed by atoms with Crippen molar-refractivity contribution in [3.05, 3.63) is 48.0 Å². The summed E-state index contributed by atoms with van der Waals surface area (Å²) in [5.41, 5.74) is 4.81. The lowest BCUT2D eigenvalue weighted by atomic mass is 10.1. The van der Waals surface area contributed by atoms with E-state index in [1.54, 1.807) is 0 Å². The predicted molar refractivity (Wildman–Crippen MR) is 143 cm³/mol. The van der Waals surface area contributed by atoms with Crippen LogP contribution in [-0.4, -0.2) is 75.7 Å². The van der Waals surface area contributed by atoms with E-state index in [2.05, 4.69) is 50.7 Å². The number of carbonyl (C=O) groups is 1. The molecule has 0 unspecified atom stereocenters. The number of aryl methyl sites for hydroxylation is 1. The summed E-state index contributed by atoms with van der Waals surface area (Å²) < 4.78 is 28.5. The second kappa shape index (κ2) is 14.8. The molecule has 1 N–H and O–H groups in total. The third-order valence-electron chi connectivity index (χ3n) is 6.17. The number of morpholine rings is 1. The van der Waals surface area contributed by atoms with Crippen LogP contribution in [-0.2, 0) is 20.8 Å². The van der Waals surface area contributed by atoms with Crippen molar-refractivity contribution in [2.24, 2.45) is 0 Å². The predicted octanol–water partition coefficient (Wildman–Crippen LogP) is 4.47. The minimum Gasteiger partial charge on any atom is -0.493 e. The normalized spacial score (nSPS) is 13.4. The van der Waals surface area contributed by atoms with E-state index in [1.807, 2.05) is 31.3 Å². The van der Waals surface area contributed by atoms with Gasteiger partial charge in [-0.25, -0.2) is 4.39 Å². The molecule has 0 spiro atoms. The minimum atomic E-state index is -0.598. The first-order valence-electron chi connectivity index (χ1n) is 12.5. The molecule has 0 bridgehead atoms. The zero-order valence-corrected chi connectivity index (χ0v) is 21.5. The molecule has 0 saturated carbocycles. The molecule has 1 aliphatic rings. The molecule has 2 heterocycles. The molecule has 37 heavy (non-hydrogen) atoms. The smallest absolute Gasteiger partial charge is 0.293 e. The number of nitrogens with one attached hydrogen (secondary N) is 1. The summed E-state index contributed by atoms with van der Waals surface area (Å²) in [7, 11) is 1.90. The van der Waals surface area contributed by atoms with Gasteiger partial charge in [-0.3, -0.25) is 9.69 Å². The van der Waals surface area contributed by atoms with E-state index in [4.69, 9.17) is 9.47 Å². The Bertz CT molecular complexity index is 1170. The van der Waals surface area contributed by atoms with Gasteiger partial charge in [-0.05, 0) is 43.2 Å². The standard InChI is InChI=1S/C25H30N4O2.C3H5FO2/c1-3-29-24-17-21(31-14-4-11-28-12-15-30-16-13-28)9-10-22(24)23(18-26)25(29)19-5-7-20(27-2)8-6-19;4-1-2-6-3-5/h5-10,17,27H,3-4,11-16H2,1-2H3;3H,1-2H2. The molecule has 1 aliphatic heterocycles. The number of fused-ring (bicyclic) bond motifs is 1. The fraction of sp³-hybridized carbons (Fsp3) is 0.429. The van der Waals surface area contributed by atoms with Crippen molar-refractivity contribution in [2.45, 2.75) is 19.9 Å². The summed E-state index contributed by atoms with van der Waals surface area (Å²) in [6.07, 6.45) is 0.985. The maximum absolute atomic E-state index is 10.9. The number of alkyl halides is 1. The van der Waals surface area contributed by atoms with Gasteiger partial charge in [-0.15, -0.1) is 0 Å². The highest BCUT2D eigenvalue weighted by Crippen LogP contribution is 2.35. The molecule has 3 aromatic rings. The van der Waals surface area contributed by atoms with Crippen LogP contribution in [0.5, 0.6) is 5.75 Å². The summed E-state index contributed by atoms with van der Waals surface area (Å²) in [4.78, 5) is 11.6. The van der Waals surface area contributed by atoms with Gasteiger partial charge in [0.2, 0.25) is 0 Å². The van der Waals surface area contributed by atoms with E-state index in [9.17, 15) is 14.4 Å². The number of nitriles is 1. The highest BCUT2D eigenvalue weighted by Gasteiger charge is 2.18. The molecule has 9 heteroatoms. The van der Waals surface area contributed by atoms with Crippen LogP contribution < -0.4 is 10.1 Å². The molecule has 0 atom stereocenters. The zero-order chi connectivity index (χ0) is 26.5. The molecule has 1 saturated heterocycles. The molecule has 198 valence electrons. The Hall–Kier alpha value is -3.61. The van der Waals surface area contributed by atoms with E-state index in [0.717, 1.165) is 79.4 Å². The molecule has 0 radical (unpaired) electrons. The highest BCUT2D eigenvalue weighted by atomic mass is 19.1. The van der Waals surface area contributed by atoms with Crippen molar-refractivity contribution in [1.82, 2.24) is 9.47 Å². The van der Waals surface area contributed by atoms with Crippen LogP contribution >= 0.6 is 0 Å². The Kier molecular flexibility index (Phi) is 11.2. The highest BCUT2D eigenvalue weighted by molar-refractivity contribution is 5.95. The first kappa shape index (κ1) is 28.0. The maximum Gasteiger partial charge on any atom is 0.293 e. The summed E-state index contributed by atoms with van der Waals surface area (Å²) >= 11 is 0. The zero-order valence-electron chi connectivity index (χ0n) is 21.5. The van der Waals surface area contributed by atoms with Gasteiger partial charge >= 0.3 is 0 Å². The lowest BCUT2D eigenvalue weighted by Gasteiger charge is -2.26. The summed E-state index contributed by atoms with van der Waals surface area (Å²) in [6.45, 7) is 7.77. The van der Waals surface area contributed by atoms with Crippen molar-refractivity contribution in [3.8, 4) is 23.1 Å². The fourth-order valence-electron chi connectivity index (χ4n) is 4.35. The molecular formula is C28H35FN4O4. The molecule has 0 amide bonds. The summed E-state index contributed by atoms with van der Waals surface area (Å²) in [5.74, 6) is 0.850.